The molecule has 2 spiro atoms. The molecule has 2 unspecified atom stereocenters. The van der Waals surface area contributed by atoms with Crippen LogP contribution in [0.1, 0.15) is 125 Å². The Labute approximate surface area is 363 Å². The summed E-state index contributed by atoms with van der Waals surface area (Å²) in [6, 6.07) is 51.4. The Morgan fingerprint density at radius 2 is 0.967 bits per heavy atom. The minimum absolute atomic E-state index is 0.0811. The molecule has 0 heterocycles. The first-order valence-corrected chi connectivity index (χ1v) is 24.4. The van der Waals surface area contributed by atoms with Gasteiger partial charge in [-0.25, -0.2) is 0 Å². The van der Waals surface area contributed by atoms with E-state index < -0.39 is 0 Å². The van der Waals surface area contributed by atoms with E-state index in [2.05, 4.69) is 153 Å². The molecule has 6 fully saturated rings. The molecule has 1 heteroatoms. The first-order chi connectivity index (χ1) is 29.9. The number of nitrogens with zero attached hydrogens (tertiary/aromatic N) is 1. The van der Waals surface area contributed by atoms with Crippen molar-refractivity contribution in [2.24, 2.45) is 41.4 Å². The van der Waals surface area contributed by atoms with Crippen molar-refractivity contribution >= 4 is 17.1 Å². The van der Waals surface area contributed by atoms with Gasteiger partial charge in [0.05, 0.1) is 5.69 Å². The highest BCUT2D eigenvalue weighted by molar-refractivity contribution is 5.97. The Morgan fingerprint density at radius 1 is 0.459 bits per heavy atom. The highest BCUT2D eigenvalue weighted by Gasteiger charge is 2.62. The molecule has 61 heavy (non-hydrogen) atoms. The largest absolute Gasteiger partial charge is 0.310 e. The van der Waals surface area contributed by atoms with Crippen LogP contribution in [0.3, 0.4) is 0 Å². The van der Waals surface area contributed by atoms with Crippen LogP contribution in [-0.4, -0.2) is 0 Å². The summed E-state index contributed by atoms with van der Waals surface area (Å²) in [5.74, 6) is 5.57. The van der Waals surface area contributed by atoms with E-state index in [0.29, 0.717) is 11.8 Å². The summed E-state index contributed by atoms with van der Waals surface area (Å²) in [5, 5.41) is 0. The number of rotatable bonds is 4. The van der Waals surface area contributed by atoms with E-state index >= 15 is 0 Å². The number of anilines is 3. The zero-order valence-corrected chi connectivity index (χ0v) is 36.4. The van der Waals surface area contributed by atoms with Crippen molar-refractivity contribution < 1.29 is 0 Å². The molecule has 0 amide bonds. The molecule has 6 aromatic rings. The van der Waals surface area contributed by atoms with Crippen molar-refractivity contribution in [1.29, 1.82) is 0 Å². The van der Waals surface area contributed by atoms with E-state index in [-0.39, 0.29) is 16.2 Å². The van der Waals surface area contributed by atoms with Gasteiger partial charge in [-0.3, -0.25) is 0 Å². The highest BCUT2D eigenvalue weighted by Crippen LogP contribution is 2.71. The zero-order valence-electron chi connectivity index (χ0n) is 36.4. The van der Waals surface area contributed by atoms with Gasteiger partial charge in [0, 0.05) is 33.2 Å². The standard InChI is InChI=1S/C60H59N/c1-4-36-28-39-13-11-14-40(29-36)59(39)52-20-10-7-17-49(52)57-53(59)21-12-22-56(57)61(43-23-25-47-45-15-5-8-18-50(45)58(2,3)54(47)34-43)44-24-26-48-46-16-6-9-19-51(46)60(55(48)35-44)41-30-37-27-38(32-41)33-42(60)31-37/h5-10,12,15-26,34-42H,4,11,13-14,27-33H2,1-3H3. The summed E-state index contributed by atoms with van der Waals surface area (Å²) in [6.07, 6.45) is 15.2. The van der Waals surface area contributed by atoms with Crippen LogP contribution in [0.15, 0.2) is 127 Å². The molecule has 0 saturated heterocycles. The molecule has 0 aliphatic heterocycles. The number of hydrogen-bond acceptors (Lipinski definition) is 1. The van der Waals surface area contributed by atoms with Gasteiger partial charge in [-0.1, -0.05) is 131 Å². The lowest BCUT2D eigenvalue weighted by atomic mass is 9.43. The lowest BCUT2D eigenvalue weighted by molar-refractivity contribution is -0.0399. The maximum atomic E-state index is 2.74. The molecule has 0 N–H and O–H groups in total. The van der Waals surface area contributed by atoms with Crippen LogP contribution in [0, 0.1) is 41.4 Å². The minimum Gasteiger partial charge on any atom is -0.310 e. The molecular formula is C60H59N. The fourth-order valence-electron chi connectivity index (χ4n) is 17.2. The SMILES string of the molecule is CCC1CC2CCCC(C1)C21c2ccccc2-c2c(N(c3ccc4c(c3)C(C)(C)c3ccccc3-4)c3ccc4c(c3)C3(c5ccccc5-4)C4CC5CC(C4)CC3C5)cccc21. The summed E-state index contributed by atoms with van der Waals surface area (Å²) in [6.45, 7) is 7.34. The number of fused-ring (bicyclic) bond motifs is 9. The van der Waals surface area contributed by atoms with Crippen molar-refractivity contribution in [3.05, 3.63) is 161 Å². The summed E-state index contributed by atoms with van der Waals surface area (Å²) < 4.78 is 0. The molecule has 304 valence electrons. The summed E-state index contributed by atoms with van der Waals surface area (Å²) in [5.41, 5.74) is 22.3. The van der Waals surface area contributed by atoms with Gasteiger partial charge in [-0.15, -0.1) is 0 Å². The lowest BCUT2D eigenvalue weighted by Crippen LogP contribution is -2.55. The predicted molar refractivity (Wildman–Crippen MR) is 252 cm³/mol. The molecule has 9 aliphatic rings. The van der Waals surface area contributed by atoms with Crippen LogP contribution in [0.2, 0.25) is 0 Å². The number of hydrogen-bond donors (Lipinski definition) is 0. The molecule has 15 rings (SSSR count). The Kier molecular flexibility index (Phi) is 7.25. The van der Waals surface area contributed by atoms with E-state index in [1.165, 1.54) is 132 Å². The van der Waals surface area contributed by atoms with E-state index in [1.54, 1.807) is 22.3 Å². The van der Waals surface area contributed by atoms with Gasteiger partial charge in [0.1, 0.15) is 0 Å². The van der Waals surface area contributed by atoms with Gasteiger partial charge in [0.15, 0.2) is 0 Å². The first-order valence-electron chi connectivity index (χ1n) is 24.4. The zero-order chi connectivity index (χ0) is 40.4. The van der Waals surface area contributed by atoms with Crippen molar-refractivity contribution in [3.63, 3.8) is 0 Å². The van der Waals surface area contributed by atoms with Gasteiger partial charge in [0.2, 0.25) is 0 Å². The Hall–Kier alpha value is -4.88. The average molecular weight is 794 g/mol. The fraction of sp³-hybridized carbons (Fsp3) is 0.400. The molecule has 9 aliphatic carbocycles. The molecular weight excluding hydrogens is 735 g/mol. The first kappa shape index (κ1) is 35.7. The second-order valence-corrected chi connectivity index (χ2v) is 21.9. The monoisotopic (exact) mass is 793 g/mol. The third-order valence-electron chi connectivity index (χ3n) is 19.2. The molecule has 6 aromatic carbocycles. The van der Waals surface area contributed by atoms with Crippen LogP contribution in [0.25, 0.3) is 33.4 Å². The number of benzene rings is 6. The van der Waals surface area contributed by atoms with Gasteiger partial charge in [-0.05, 0) is 191 Å². The fourth-order valence-corrected chi connectivity index (χ4v) is 17.2. The molecule has 0 radical (unpaired) electrons. The topological polar surface area (TPSA) is 3.24 Å². The van der Waals surface area contributed by atoms with E-state index in [0.717, 1.165) is 29.6 Å². The van der Waals surface area contributed by atoms with Crippen LogP contribution in [-0.2, 0) is 16.2 Å². The quantitative estimate of drug-likeness (QED) is 0.172. The van der Waals surface area contributed by atoms with Crippen molar-refractivity contribution in [2.75, 3.05) is 4.90 Å². The molecule has 0 aromatic heterocycles. The van der Waals surface area contributed by atoms with Crippen LogP contribution >= 0.6 is 0 Å². The minimum atomic E-state index is -0.0811. The lowest BCUT2D eigenvalue weighted by Gasteiger charge is -2.61. The van der Waals surface area contributed by atoms with Crippen molar-refractivity contribution in [3.8, 4) is 33.4 Å². The maximum absolute atomic E-state index is 2.74. The predicted octanol–water partition coefficient (Wildman–Crippen LogP) is 15.7. The summed E-state index contributed by atoms with van der Waals surface area (Å²) >= 11 is 0. The van der Waals surface area contributed by atoms with Crippen molar-refractivity contribution in [1.82, 2.24) is 0 Å². The Balaban J connectivity index is 1.02. The van der Waals surface area contributed by atoms with Gasteiger partial charge >= 0.3 is 0 Å². The summed E-state index contributed by atoms with van der Waals surface area (Å²) in [7, 11) is 0. The van der Waals surface area contributed by atoms with Gasteiger partial charge < -0.3 is 4.90 Å². The highest BCUT2D eigenvalue weighted by atomic mass is 15.1. The van der Waals surface area contributed by atoms with Gasteiger partial charge in [0.25, 0.3) is 0 Å². The smallest absolute Gasteiger partial charge is 0.0543 e. The average Bonchev–Trinajstić information content (AvgIpc) is 3.82. The normalized spacial score (nSPS) is 32.0. The molecule has 1 nitrogen and oxygen atoms in total. The second kappa shape index (κ2) is 12.4. The second-order valence-electron chi connectivity index (χ2n) is 21.9. The maximum Gasteiger partial charge on any atom is 0.0543 e. The van der Waals surface area contributed by atoms with E-state index in [4.69, 9.17) is 0 Å². The van der Waals surface area contributed by atoms with E-state index in [9.17, 15) is 0 Å². The molecule has 6 bridgehead atoms. The molecule has 6 saturated carbocycles. The summed E-state index contributed by atoms with van der Waals surface area (Å²) in [4.78, 5) is 2.74. The van der Waals surface area contributed by atoms with Gasteiger partial charge in [-0.2, -0.15) is 0 Å². The van der Waals surface area contributed by atoms with E-state index in [1.807, 2.05) is 0 Å². The van der Waals surface area contributed by atoms with Crippen LogP contribution in [0.4, 0.5) is 17.1 Å². The van der Waals surface area contributed by atoms with Crippen molar-refractivity contribution in [2.45, 2.75) is 108 Å². The third kappa shape index (κ3) is 4.39. The van der Waals surface area contributed by atoms with Crippen LogP contribution < -0.4 is 4.90 Å². The molecule has 2 atom stereocenters. The van der Waals surface area contributed by atoms with Crippen LogP contribution in [0.5, 0.6) is 0 Å². The third-order valence-corrected chi connectivity index (χ3v) is 19.2. The Morgan fingerprint density at radius 3 is 1.62 bits per heavy atom. The Bertz CT molecular complexity index is 2780.